The molecule has 0 aliphatic rings. The molecule has 0 saturated heterocycles. The molecule has 96 valence electrons. The normalized spacial score (nSPS) is 11.0. The number of hydrogen-bond donors (Lipinski definition) is 1. The first kappa shape index (κ1) is 11.5. The van der Waals surface area contributed by atoms with Crippen molar-refractivity contribution in [2.24, 2.45) is 7.05 Å². The molecular formula is C13H12N4O2. The van der Waals surface area contributed by atoms with E-state index >= 15 is 0 Å². The van der Waals surface area contributed by atoms with Crippen LogP contribution in [0.4, 0.5) is 0 Å². The van der Waals surface area contributed by atoms with Gasteiger partial charge in [0, 0.05) is 18.0 Å². The molecule has 6 heteroatoms. The van der Waals surface area contributed by atoms with Crippen molar-refractivity contribution in [3.63, 3.8) is 0 Å². The van der Waals surface area contributed by atoms with Crippen molar-refractivity contribution in [3.05, 3.63) is 48.2 Å². The van der Waals surface area contributed by atoms with E-state index in [2.05, 4.69) is 10.1 Å². The van der Waals surface area contributed by atoms with Crippen molar-refractivity contribution < 1.29 is 9.90 Å². The van der Waals surface area contributed by atoms with Crippen molar-refractivity contribution in [1.29, 1.82) is 0 Å². The molecule has 19 heavy (non-hydrogen) atoms. The summed E-state index contributed by atoms with van der Waals surface area (Å²) in [5.41, 5.74) is 1.13. The minimum atomic E-state index is -0.946. The number of aromatic carboxylic acids is 1. The summed E-state index contributed by atoms with van der Waals surface area (Å²) in [5, 5.41) is 14.2. The third-order valence-electron chi connectivity index (χ3n) is 3.13. The lowest BCUT2D eigenvalue weighted by Crippen LogP contribution is -2.12. The topological polar surface area (TPSA) is 72.9 Å². The zero-order valence-electron chi connectivity index (χ0n) is 10.3. The maximum Gasteiger partial charge on any atom is 0.352 e. The fourth-order valence-electron chi connectivity index (χ4n) is 2.16. The number of carboxylic acid groups (broad SMARTS) is 1. The van der Waals surface area contributed by atoms with Gasteiger partial charge in [-0.1, -0.05) is 18.2 Å². The predicted molar refractivity (Wildman–Crippen MR) is 69.0 cm³/mol. The second kappa shape index (κ2) is 4.24. The largest absolute Gasteiger partial charge is 0.477 e. The summed E-state index contributed by atoms with van der Waals surface area (Å²) in [6.45, 7) is 0.381. The Morgan fingerprint density at radius 2 is 2.16 bits per heavy atom. The predicted octanol–water partition coefficient (Wildman–Crippen LogP) is 1.52. The van der Waals surface area contributed by atoms with Crippen LogP contribution in [0.2, 0.25) is 0 Å². The summed E-state index contributed by atoms with van der Waals surface area (Å²) in [6.07, 6.45) is 1.46. The van der Waals surface area contributed by atoms with E-state index in [0.29, 0.717) is 12.4 Å². The van der Waals surface area contributed by atoms with Crippen LogP contribution in [-0.4, -0.2) is 30.4 Å². The molecule has 1 N–H and O–H groups in total. The van der Waals surface area contributed by atoms with Gasteiger partial charge in [-0.05, 0) is 12.1 Å². The third-order valence-corrected chi connectivity index (χ3v) is 3.13. The first-order valence-electron chi connectivity index (χ1n) is 5.81. The molecule has 6 nitrogen and oxygen atoms in total. The second-order valence-corrected chi connectivity index (χ2v) is 4.28. The lowest BCUT2D eigenvalue weighted by atomic mass is 10.2. The molecule has 1 aromatic carbocycles. The van der Waals surface area contributed by atoms with Gasteiger partial charge >= 0.3 is 5.97 Å². The van der Waals surface area contributed by atoms with Crippen LogP contribution < -0.4 is 0 Å². The SMILES string of the molecule is Cn1ncnc1Cn1c(C(=O)O)cc2ccccc21. The molecule has 3 aromatic rings. The third kappa shape index (κ3) is 1.87. The molecule has 0 fully saturated rings. The van der Waals surface area contributed by atoms with Gasteiger partial charge in [-0.2, -0.15) is 5.10 Å². The monoisotopic (exact) mass is 256 g/mol. The van der Waals surface area contributed by atoms with Crippen LogP contribution in [-0.2, 0) is 13.6 Å². The zero-order valence-corrected chi connectivity index (χ0v) is 10.3. The van der Waals surface area contributed by atoms with Crippen LogP contribution in [0.1, 0.15) is 16.3 Å². The number of carboxylic acids is 1. The quantitative estimate of drug-likeness (QED) is 0.771. The van der Waals surface area contributed by atoms with E-state index in [1.165, 1.54) is 6.33 Å². The summed E-state index contributed by atoms with van der Waals surface area (Å²) in [6, 6.07) is 9.25. The highest BCUT2D eigenvalue weighted by molar-refractivity contribution is 5.94. The highest BCUT2D eigenvalue weighted by atomic mass is 16.4. The molecule has 0 spiro atoms. The number of fused-ring (bicyclic) bond motifs is 1. The molecule has 0 aliphatic carbocycles. The van der Waals surface area contributed by atoms with Crippen LogP contribution in [0.25, 0.3) is 10.9 Å². The molecule has 2 aromatic heterocycles. The minimum absolute atomic E-state index is 0.254. The van der Waals surface area contributed by atoms with Crippen molar-refractivity contribution in [1.82, 2.24) is 19.3 Å². The molecule has 0 aliphatic heterocycles. The molecular weight excluding hydrogens is 244 g/mol. The smallest absolute Gasteiger partial charge is 0.352 e. The molecule has 3 rings (SSSR count). The Morgan fingerprint density at radius 1 is 1.37 bits per heavy atom. The Hall–Kier alpha value is -2.63. The Bertz CT molecular complexity index is 757. The second-order valence-electron chi connectivity index (χ2n) is 4.28. The molecule has 0 radical (unpaired) electrons. The maximum absolute atomic E-state index is 11.3. The lowest BCUT2D eigenvalue weighted by Gasteiger charge is -2.07. The van der Waals surface area contributed by atoms with Crippen molar-refractivity contribution in [2.45, 2.75) is 6.54 Å². The number of benzene rings is 1. The molecule has 0 unspecified atom stereocenters. The van der Waals surface area contributed by atoms with Gasteiger partial charge in [-0.3, -0.25) is 4.68 Å². The first-order valence-corrected chi connectivity index (χ1v) is 5.81. The number of hydrogen-bond acceptors (Lipinski definition) is 3. The zero-order chi connectivity index (χ0) is 13.4. The molecule has 0 amide bonds. The van der Waals surface area contributed by atoms with Crippen molar-refractivity contribution in [3.8, 4) is 0 Å². The molecule has 0 saturated carbocycles. The van der Waals surface area contributed by atoms with Crippen LogP contribution in [0.5, 0.6) is 0 Å². The van der Waals surface area contributed by atoms with E-state index in [9.17, 15) is 9.90 Å². The molecule has 0 bridgehead atoms. The minimum Gasteiger partial charge on any atom is -0.477 e. The Morgan fingerprint density at radius 3 is 2.84 bits per heavy atom. The van der Waals surface area contributed by atoms with E-state index in [1.54, 1.807) is 22.4 Å². The van der Waals surface area contributed by atoms with Crippen LogP contribution >= 0.6 is 0 Å². The van der Waals surface area contributed by atoms with Gasteiger partial charge in [0.2, 0.25) is 0 Å². The van der Waals surface area contributed by atoms with Crippen LogP contribution in [0.15, 0.2) is 36.7 Å². The lowest BCUT2D eigenvalue weighted by molar-refractivity contribution is 0.0686. The number of rotatable bonds is 3. The summed E-state index contributed by atoms with van der Waals surface area (Å²) < 4.78 is 3.38. The van der Waals surface area contributed by atoms with Gasteiger partial charge in [0.05, 0.1) is 6.54 Å². The van der Waals surface area contributed by atoms with Crippen molar-refractivity contribution in [2.75, 3.05) is 0 Å². The maximum atomic E-state index is 11.3. The Balaban J connectivity index is 2.18. The van der Waals surface area contributed by atoms with E-state index < -0.39 is 5.97 Å². The summed E-state index contributed by atoms with van der Waals surface area (Å²) in [5.74, 6) is -0.234. The highest BCUT2D eigenvalue weighted by Gasteiger charge is 2.15. The van der Waals surface area contributed by atoms with Gasteiger partial charge in [0.1, 0.15) is 17.8 Å². The molecule has 2 heterocycles. The van der Waals surface area contributed by atoms with Gasteiger partial charge in [-0.15, -0.1) is 0 Å². The average molecular weight is 256 g/mol. The Labute approximate surface area is 108 Å². The summed E-state index contributed by atoms with van der Waals surface area (Å²) in [7, 11) is 1.79. The molecule has 0 atom stereocenters. The fraction of sp³-hybridized carbons (Fsp3) is 0.154. The van der Waals surface area contributed by atoms with E-state index in [0.717, 1.165) is 10.9 Å². The van der Waals surface area contributed by atoms with E-state index in [4.69, 9.17) is 0 Å². The number of carbonyl (C=O) groups is 1. The van der Waals surface area contributed by atoms with E-state index in [-0.39, 0.29) is 5.69 Å². The summed E-state index contributed by atoms with van der Waals surface area (Å²) in [4.78, 5) is 15.5. The van der Waals surface area contributed by atoms with Crippen LogP contribution in [0.3, 0.4) is 0 Å². The van der Waals surface area contributed by atoms with E-state index in [1.807, 2.05) is 24.3 Å². The number of aryl methyl sites for hydroxylation is 1. The fourth-order valence-corrected chi connectivity index (χ4v) is 2.16. The number of para-hydroxylation sites is 1. The van der Waals surface area contributed by atoms with Crippen LogP contribution in [0, 0.1) is 0 Å². The van der Waals surface area contributed by atoms with Gasteiger partial charge < -0.3 is 9.67 Å². The van der Waals surface area contributed by atoms with Gasteiger partial charge in [0.15, 0.2) is 0 Å². The Kier molecular flexibility index (Phi) is 2.56. The van der Waals surface area contributed by atoms with Gasteiger partial charge in [-0.25, -0.2) is 9.78 Å². The van der Waals surface area contributed by atoms with Crippen molar-refractivity contribution >= 4 is 16.9 Å². The highest BCUT2D eigenvalue weighted by Crippen LogP contribution is 2.20. The average Bonchev–Trinajstić information content (AvgIpc) is 2.95. The summed E-state index contributed by atoms with van der Waals surface area (Å²) >= 11 is 0. The standard InChI is InChI=1S/C13H12N4O2/c1-16-12(14-8-15-16)7-17-10-5-3-2-4-9(10)6-11(17)13(18)19/h2-6,8H,7H2,1H3,(H,18,19). The number of nitrogens with zero attached hydrogens (tertiary/aromatic N) is 4. The first-order chi connectivity index (χ1) is 9.16. The van der Waals surface area contributed by atoms with Gasteiger partial charge in [0.25, 0.3) is 0 Å². The number of aromatic nitrogens is 4.